The summed E-state index contributed by atoms with van der Waals surface area (Å²) in [5.74, 6) is 2.78. The third kappa shape index (κ3) is 2.61. The van der Waals surface area contributed by atoms with Crippen molar-refractivity contribution < 1.29 is 0 Å². The van der Waals surface area contributed by atoms with Gasteiger partial charge in [0.2, 0.25) is 0 Å². The Labute approximate surface area is 102 Å². The molecule has 1 aromatic carbocycles. The molecule has 2 atom stereocenters. The second-order valence-electron chi connectivity index (χ2n) is 4.09. The van der Waals surface area contributed by atoms with Gasteiger partial charge in [-0.2, -0.15) is 0 Å². The van der Waals surface area contributed by atoms with Gasteiger partial charge in [-0.3, -0.25) is 0 Å². The standard InChI is InChI=1S/C14H17NS/c1-3-12(4-2)15-10-13-9-11-7-5-6-8-14(11)16-13/h1,5-8,12-13,15H,4,9-10H2,2H3. The van der Waals surface area contributed by atoms with E-state index in [1.165, 1.54) is 10.5 Å². The Hall–Kier alpha value is -0.910. The average Bonchev–Trinajstić information content (AvgIpc) is 2.73. The highest BCUT2D eigenvalue weighted by Crippen LogP contribution is 2.36. The van der Waals surface area contributed by atoms with Crippen molar-refractivity contribution in [1.82, 2.24) is 5.32 Å². The van der Waals surface area contributed by atoms with Crippen LogP contribution in [0.2, 0.25) is 0 Å². The van der Waals surface area contributed by atoms with Gasteiger partial charge in [0.1, 0.15) is 0 Å². The molecule has 1 aliphatic rings. The zero-order valence-corrected chi connectivity index (χ0v) is 10.4. The molecule has 0 spiro atoms. The van der Waals surface area contributed by atoms with Crippen molar-refractivity contribution in [2.24, 2.45) is 0 Å². The number of nitrogens with one attached hydrogen (secondary N) is 1. The smallest absolute Gasteiger partial charge is 0.0684 e. The Morgan fingerprint density at radius 1 is 1.56 bits per heavy atom. The lowest BCUT2D eigenvalue weighted by atomic mass is 10.1. The fourth-order valence-corrected chi connectivity index (χ4v) is 3.22. The van der Waals surface area contributed by atoms with E-state index in [0.29, 0.717) is 5.25 Å². The maximum atomic E-state index is 5.43. The fraction of sp³-hybridized carbons (Fsp3) is 0.429. The van der Waals surface area contributed by atoms with Crippen LogP contribution in [-0.2, 0) is 6.42 Å². The number of terminal acetylenes is 1. The highest BCUT2D eigenvalue weighted by Gasteiger charge is 2.21. The van der Waals surface area contributed by atoms with E-state index in [-0.39, 0.29) is 6.04 Å². The number of hydrogen-bond donors (Lipinski definition) is 1. The molecular formula is C14H17NS. The topological polar surface area (TPSA) is 12.0 Å². The second-order valence-corrected chi connectivity index (χ2v) is 5.43. The summed E-state index contributed by atoms with van der Waals surface area (Å²) < 4.78 is 0. The largest absolute Gasteiger partial charge is 0.303 e. The van der Waals surface area contributed by atoms with Gasteiger partial charge >= 0.3 is 0 Å². The van der Waals surface area contributed by atoms with Crippen LogP contribution in [0.25, 0.3) is 0 Å². The summed E-state index contributed by atoms with van der Waals surface area (Å²) in [5, 5.41) is 4.08. The van der Waals surface area contributed by atoms with Crippen molar-refractivity contribution in [3.63, 3.8) is 0 Å². The van der Waals surface area contributed by atoms with Crippen LogP contribution < -0.4 is 5.32 Å². The number of hydrogen-bond acceptors (Lipinski definition) is 2. The van der Waals surface area contributed by atoms with Crippen LogP contribution in [0.4, 0.5) is 0 Å². The van der Waals surface area contributed by atoms with Gasteiger partial charge in [0.05, 0.1) is 6.04 Å². The monoisotopic (exact) mass is 231 g/mol. The van der Waals surface area contributed by atoms with E-state index >= 15 is 0 Å². The second kappa shape index (κ2) is 5.43. The highest BCUT2D eigenvalue weighted by molar-refractivity contribution is 8.00. The van der Waals surface area contributed by atoms with Crippen LogP contribution in [0.3, 0.4) is 0 Å². The highest BCUT2D eigenvalue weighted by atomic mass is 32.2. The zero-order valence-electron chi connectivity index (χ0n) is 9.57. The molecule has 1 aromatic rings. The van der Waals surface area contributed by atoms with Crippen molar-refractivity contribution in [1.29, 1.82) is 0 Å². The quantitative estimate of drug-likeness (QED) is 0.800. The number of thioether (sulfide) groups is 1. The molecule has 2 unspecified atom stereocenters. The maximum absolute atomic E-state index is 5.43. The Kier molecular flexibility index (Phi) is 3.93. The SMILES string of the molecule is C#CC(CC)NCC1Cc2ccccc2S1. The van der Waals surface area contributed by atoms with Gasteiger partial charge < -0.3 is 5.32 Å². The molecule has 2 rings (SSSR count). The first-order chi connectivity index (χ1) is 7.83. The summed E-state index contributed by atoms with van der Waals surface area (Å²) in [4.78, 5) is 1.43. The Morgan fingerprint density at radius 2 is 2.38 bits per heavy atom. The van der Waals surface area contributed by atoms with E-state index in [1.54, 1.807) is 0 Å². The summed E-state index contributed by atoms with van der Waals surface area (Å²) in [6, 6.07) is 8.88. The summed E-state index contributed by atoms with van der Waals surface area (Å²) >= 11 is 1.97. The molecule has 1 heterocycles. The van der Waals surface area contributed by atoms with E-state index in [0.717, 1.165) is 19.4 Å². The molecule has 1 aliphatic heterocycles. The number of fused-ring (bicyclic) bond motifs is 1. The average molecular weight is 231 g/mol. The minimum atomic E-state index is 0.226. The predicted molar refractivity (Wildman–Crippen MR) is 70.7 cm³/mol. The molecule has 0 fully saturated rings. The van der Waals surface area contributed by atoms with E-state index in [2.05, 4.69) is 42.4 Å². The molecule has 0 amide bonds. The first-order valence-electron chi connectivity index (χ1n) is 5.77. The molecule has 1 nitrogen and oxygen atoms in total. The van der Waals surface area contributed by atoms with Crippen LogP contribution in [-0.4, -0.2) is 17.8 Å². The fourth-order valence-electron chi connectivity index (χ4n) is 1.96. The molecule has 0 saturated heterocycles. The van der Waals surface area contributed by atoms with Crippen molar-refractivity contribution in [2.75, 3.05) is 6.54 Å². The van der Waals surface area contributed by atoms with Crippen LogP contribution in [0, 0.1) is 12.3 Å². The Bertz CT molecular complexity index is 369. The van der Waals surface area contributed by atoms with Crippen molar-refractivity contribution >= 4 is 11.8 Å². The third-order valence-corrected chi connectivity index (χ3v) is 4.23. The normalized spacial score (nSPS) is 20.1. The summed E-state index contributed by atoms with van der Waals surface area (Å²) in [6.07, 6.45) is 7.60. The van der Waals surface area contributed by atoms with Crippen molar-refractivity contribution in [3.05, 3.63) is 29.8 Å². The number of benzene rings is 1. The van der Waals surface area contributed by atoms with Gasteiger partial charge in [0, 0.05) is 16.7 Å². The molecule has 16 heavy (non-hydrogen) atoms. The van der Waals surface area contributed by atoms with Crippen LogP contribution in [0.15, 0.2) is 29.2 Å². The Morgan fingerprint density at radius 3 is 3.06 bits per heavy atom. The summed E-state index contributed by atoms with van der Waals surface area (Å²) in [7, 11) is 0. The lowest BCUT2D eigenvalue weighted by Crippen LogP contribution is -2.32. The van der Waals surface area contributed by atoms with Crippen molar-refractivity contribution in [3.8, 4) is 12.3 Å². The third-order valence-electron chi connectivity index (χ3n) is 2.92. The van der Waals surface area contributed by atoms with E-state index in [4.69, 9.17) is 6.42 Å². The van der Waals surface area contributed by atoms with Gasteiger partial charge in [-0.25, -0.2) is 0 Å². The van der Waals surface area contributed by atoms with Crippen LogP contribution in [0.5, 0.6) is 0 Å². The predicted octanol–water partition coefficient (Wildman–Crippen LogP) is 2.70. The Balaban J connectivity index is 1.86. The molecule has 84 valence electrons. The summed E-state index contributed by atoms with van der Waals surface area (Å²) in [6.45, 7) is 3.12. The first-order valence-corrected chi connectivity index (χ1v) is 6.65. The molecular weight excluding hydrogens is 214 g/mol. The molecule has 0 aromatic heterocycles. The molecule has 2 heteroatoms. The first kappa shape index (κ1) is 11.6. The molecule has 0 bridgehead atoms. The van der Waals surface area contributed by atoms with Gasteiger partial charge in [-0.1, -0.05) is 31.0 Å². The minimum Gasteiger partial charge on any atom is -0.303 e. The lowest BCUT2D eigenvalue weighted by Gasteiger charge is -2.14. The molecule has 0 saturated carbocycles. The summed E-state index contributed by atoms with van der Waals surface area (Å²) in [5.41, 5.74) is 1.48. The molecule has 1 N–H and O–H groups in total. The minimum absolute atomic E-state index is 0.226. The zero-order chi connectivity index (χ0) is 11.4. The van der Waals surface area contributed by atoms with Gasteiger partial charge in [0.15, 0.2) is 0 Å². The number of rotatable bonds is 4. The maximum Gasteiger partial charge on any atom is 0.0684 e. The molecule has 0 radical (unpaired) electrons. The van der Waals surface area contributed by atoms with Gasteiger partial charge in [-0.05, 0) is 24.5 Å². The van der Waals surface area contributed by atoms with E-state index in [9.17, 15) is 0 Å². The van der Waals surface area contributed by atoms with E-state index in [1.807, 2.05) is 11.8 Å². The van der Waals surface area contributed by atoms with E-state index < -0.39 is 0 Å². The van der Waals surface area contributed by atoms with Gasteiger partial charge in [-0.15, -0.1) is 18.2 Å². The molecule has 0 aliphatic carbocycles. The van der Waals surface area contributed by atoms with Crippen LogP contribution in [0.1, 0.15) is 18.9 Å². The van der Waals surface area contributed by atoms with Gasteiger partial charge in [0.25, 0.3) is 0 Å². The lowest BCUT2D eigenvalue weighted by molar-refractivity contribution is 0.583. The van der Waals surface area contributed by atoms with Crippen molar-refractivity contribution in [2.45, 2.75) is 36.0 Å². The van der Waals surface area contributed by atoms with Crippen LogP contribution >= 0.6 is 11.8 Å².